The van der Waals surface area contributed by atoms with Crippen LogP contribution in [0.4, 0.5) is 0 Å². The lowest BCUT2D eigenvalue weighted by Crippen LogP contribution is -2.33. The zero-order valence-corrected chi connectivity index (χ0v) is 17.0. The molecule has 1 unspecified atom stereocenters. The van der Waals surface area contributed by atoms with Crippen LogP contribution in [0.3, 0.4) is 0 Å². The van der Waals surface area contributed by atoms with Gasteiger partial charge in [0.05, 0.1) is 12.8 Å². The number of carbonyl (C=O) groups is 1. The van der Waals surface area contributed by atoms with E-state index in [1.165, 1.54) is 0 Å². The van der Waals surface area contributed by atoms with Crippen LogP contribution in [-0.2, 0) is 4.79 Å². The van der Waals surface area contributed by atoms with Gasteiger partial charge >= 0.3 is 0 Å². The highest BCUT2D eigenvalue weighted by atomic mass is 79.9. The summed E-state index contributed by atoms with van der Waals surface area (Å²) in [7, 11) is 0. The number of ether oxygens (including phenoxy) is 2. The molecule has 132 valence electrons. The van der Waals surface area contributed by atoms with E-state index in [4.69, 9.17) is 9.47 Å². The van der Waals surface area contributed by atoms with Crippen molar-refractivity contribution < 1.29 is 14.3 Å². The molecule has 0 aromatic heterocycles. The lowest BCUT2D eigenvalue weighted by Gasteiger charge is -2.13. The van der Waals surface area contributed by atoms with Gasteiger partial charge in [0.25, 0.3) is 5.91 Å². The van der Waals surface area contributed by atoms with Gasteiger partial charge in [-0.2, -0.15) is 5.10 Å². The van der Waals surface area contributed by atoms with Gasteiger partial charge in [-0.15, -0.1) is 0 Å². The largest absolute Gasteiger partial charge is 0.493 e. The molecule has 0 saturated carbocycles. The van der Waals surface area contributed by atoms with Gasteiger partial charge in [0.2, 0.25) is 0 Å². The third-order valence-electron chi connectivity index (χ3n) is 3.15. The molecule has 1 N–H and O–H groups in total. The highest BCUT2D eigenvalue weighted by molar-refractivity contribution is 9.10. The van der Waals surface area contributed by atoms with Crippen LogP contribution in [-0.4, -0.2) is 24.8 Å². The molecule has 0 aliphatic heterocycles. The minimum atomic E-state index is -0.674. The molecule has 1 amide bonds. The first-order valence-corrected chi connectivity index (χ1v) is 9.25. The van der Waals surface area contributed by atoms with Crippen LogP contribution in [0.1, 0.15) is 19.4 Å². The van der Waals surface area contributed by atoms with E-state index in [-0.39, 0.29) is 5.91 Å². The number of nitrogens with zero attached hydrogens (tertiary/aromatic N) is 1. The van der Waals surface area contributed by atoms with E-state index >= 15 is 0 Å². The Morgan fingerprint density at radius 1 is 1.20 bits per heavy atom. The van der Waals surface area contributed by atoms with Gasteiger partial charge in [-0.3, -0.25) is 4.79 Å². The molecule has 0 aliphatic rings. The Morgan fingerprint density at radius 2 is 1.88 bits per heavy atom. The van der Waals surface area contributed by atoms with E-state index in [9.17, 15) is 4.79 Å². The average molecular weight is 470 g/mol. The van der Waals surface area contributed by atoms with Crippen molar-refractivity contribution in [1.29, 1.82) is 0 Å². The van der Waals surface area contributed by atoms with Gasteiger partial charge in [0.1, 0.15) is 11.5 Å². The number of carbonyl (C=O) groups excluding carboxylic acids is 1. The summed E-state index contributed by atoms with van der Waals surface area (Å²) in [5.41, 5.74) is 3.24. The Balaban J connectivity index is 1.95. The van der Waals surface area contributed by atoms with E-state index in [2.05, 4.69) is 42.4 Å². The van der Waals surface area contributed by atoms with Crippen molar-refractivity contribution in [1.82, 2.24) is 5.43 Å². The molecule has 0 saturated heterocycles. The maximum Gasteiger partial charge on any atom is 0.280 e. The van der Waals surface area contributed by atoms with E-state index in [1.807, 2.05) is 37.3 Å². The fourth-order valence-electron chi connectivity index (χ4n) is 1.93. The lowest BCUT2D eigenvalue weighted by molar-refractivity contribution is -0.127. The first kappa shape index (κ1) is 19.5. The quantitative estimate of drug-likeness (QED) is 0.478. The molecule has 0 aliphatic carbocycles. The number of hydrazone groups is 1. The van der Waals surface area contributed by atoms with Crippen LogP contribution in [0.25, 0.3) is 0 Å². The van der Waals surface area contributed by atoms with Crippen molar-refractivity contribution in [3.05, 3.63) is 57.0 Å². The number of hydrogen-bond donors (Lipinski definition) is 1. The van der Waals surface area contributed by atoms with E-state index in [1.54, 1.807) is 25.3 Å². The summed E-state index contributed by atoms with van der Waals surface area (Å²) in [6.07, 6.45) is 0.868. The van der Waals surface area contributed by atoms with Crippen molar-refractivity contribution in [3.8, 4) is 11.5 Å². The van der Waals surface area contributed by atoms with Crippen molar-refractivity contribution in [2.75, 3.05) is 6.61 Å². The normalized spacial score (nSPS) is 12.0. The third kappa shape index (κ3) is 6.17. The lowest BCUT2D eigenvalue weighted by atomic mass is 10.2. The summed E-state index contributed by atoms with van der Waals surface area (Å²) in [5, 5.41) is 3.99. The minimum absolute atomic E-state index is 0.341. The molecule has 0 radical (unpaired) electrons. The summed E-state index contributed by atoms with van der Waals surface area (Å²) >= 11 is 6.76. The highest BCUT2D eigenvalue weighted by Crippen LogP contribution is 2.21. The fourth-order valence-corrected chi connectivity index (χ4v) is 2.58. The third-order valence-corrected chi connectivity index (χ3v) is 4.17. The summed E-state index contributed by atoms with van der Waals surface area (Å²) in [4.78, 5) is 12.1. The molecule has 0 spiro atoms. The monoisotopic (exact) mass is 468 g/mol. The molecule has 7 heteroatoms. The predicted molar refractivity (Wildman–Crippen MR) is 105 cm³/mol. The fraction of sp³-hybridized carbons (Fsp3) is 0.222. The van der Waals surface area contributed by atoms with Gasteiger partial charge in [-0.25, -0.2) is 5.43 Å². The number of rotatable bonds is 7. The number of benzene rings is 2. The Bertz CT molecular complexity index is 748. The molecule has 1 atom stereocenters. The zero-order chi connectivity index (χ0) is 18.2. The summed E-state index contributed by atoms with van der Waals surface area (Å²) in [5.74, 6) is 0.968. The number of nitrogens with one attached hydrogen (secondary N) is 1. The molecule has 5 nitrogen and oxygen atoms in total. The molecule has 2 rings (SSSR count). The van der Waals surface area contributed by atoms with Crippen molar-refractivity contribution in [3.63, 3.8) is 0 Å². The van der Waals surface area contributed by atoms with Gasteiger partial charge in [-0.05, 0) is 56.3 Å². The van der Waals surface area contributed by atoms with Crippen LogP contribution in [0, 0.1) is 0 Å². The molecule has 2 aromatic carbocycles. The van der Waals surface area contributed by atoms with E-state index in [0.717, 1.165) is 14.5 Å². The van der Waals surface area contributed by atoms with Gasteiger partial charge in [0.15, 0.2) is 6.10 Å². The molecule has 0 fully saturated rings. The van der Waals surface area contributed by atoms with Crippen LogP contribution in [0.5, 0.6) is 11.5 Å². The van der Waals surface area contributed by atoms with Gasteiger partial charge in [-0.1, -0.05) is 31.9 Å². The van der Waals surface area contributed by atoms with E-state index in [0.29, 0.717) is 18.1 Å². The van der Waals surface area contributed by atoms with E-state index < -0.39 is 6.10 Å². The highest BCUT2D eigenvalue weighted by Gasteiger charge is 2.14. The van der Waals surface area contributed by atoms with Crippen molar-refractivity contribution >= 4 is 44.0 Å². The Labute approximate surface area is 163 Å². The summed E-state index contributed by atoms with van der Waals surface area (Å²) < 4.78 is 13.0. The van der Waals surface area contributed by atoms with Gasteiger partial charge < -0.3 is 9.47 Å². The molecule has 0 heterocycles. The predicted octanol–water partition coefficient (Wildman–Crippen LogP) is 4.53. The topological polar surface area (TPSA) is 59.9 Å². The minimum Gasteiger partial charge on any atom is -0.493 e. The van der Waals surface area contributed by atoms with Crippen LogP contribution in [0.15, 0.2) is 56.5 Å². The molecular formula is C18H18Br2N2O3. The SMILES string of the molecule is CCOc1ccc(Br)cc1C=NNC(=O)C(C)Oc1ccc(Br)cc1. The average Bonchev–Trinajstić information content (AvgIpc) is 2.59. The molecular weight excluding hydrogens is 452 g/mol. The second-order valence-electron chi connectivity index (χ2n) is 5.06. The first-order valence-electron chi connectivity index (χ1n) is 7.67. The van der Waals surface area contributed by atoms with Gasteiger partial charge in [0, 0.05) is 14.5 Å². The van der Waals surface area contributed by atoms with Crippen LogP contribution >= 0.6 is 31.9 Å². The maximum absolute atomic E-state index is 12.1. The summed E-state index contributed by atoms with van der Waals surface area (Å²) in [6, 6.07) is 12.9. The zero-order valence-electron chi connectivity index (χ0n) is 13.8. The number of hydrogen-bond acceptors (Lipinski definition) is 4. The Hall–Kier alpha value is -1.86. The van der Waals surface area contributed by atoms with Crippen molar-refractivity contribution in [2.24, 2.45) is 5.10 Å². The maximum atomic E-state index is 12.1. The van der Waals surface area contributed by atoms with Crippen molar-refractivity contribution in [2.45, 2.75) is 20.0 Å². The second-order valence-corrected chi connectivity index (χ2v) is 6.89. The van der Waals surface area contributed by atoms with Crippen LogP contribution < -0.4 is 14.9 Å². The standard InChI is InChI=1S/C18H18Br2N2O3/c1-3-24-17-9-6-15(20)10-13(17)11-21-22-18(23)12(2)25-16-7-4-14(19)5-8-16/h4-12H,3H2,1-2H3,(H,22,23). The summed E-state index contributed by atoms with van der Waals surface area (Å²) in [6.45, 7) is 4.12. The first-order chi connectivity index (χ1) is 12.0. The van der Waals surface area contributed by atoms with Crippen LogP contribution in [0.2, 0.25) is 0 Å². The number of amides is 1. The molecule has 2 aromatic rings. The molecule has 25 heavy (non-hydrogen) atoms. The Morgan fingerprint density at radius 3 is 2.56 bits per heavy atom. The smallest absolute Gasteiger partial charge is 0.280 e. The number of halogens is 2. The molecule has 0 bridgehead atoms. The second kappa shape index (κ2) is 9.58. The Kier molecular flexibility index (Phi) is 7.46.